The van der Waals surface area contributed by atoms with E-state index in [0.717, 1.165) is 15.8 Å². The molecule has 7 nitrogen and oxygen atoms in total. The molecule has 3 aromatic rings. The summed E-state index contributed by atoms with van der Waals surface area (Å²) < 4.78 is 56.5. The molecule has 2 aromatic carbocycles. The molecule has 0 atom stereocenters. The molecule has 0 saturated heterocycles. The summed E-state index contributed by atoms with van der Waals surface area (Å²) in [5.41, 5.74) is 0.882. The smallest absolute Gasteiger partial charge is 0.266 e. The lowest BCUT2D eigenvalue weighted by Gasteiger charge is -2.23. The van der Waals surface area contributed by atoms with Gasteiger partial charge in [0.1, 0.15) is 23.6 Å². The fourth-order valence-electron chi connectivity index (χ4n) is 2.69. The first-order valence-electron chi connectivity index (χ1n) is 8.24. The summed E-state index contributed by atoms with van der Waals surface area (Å²) in [7, 11) is -1.06. The van der Waals surface area contributed by atoms with Crippen LogP contribution in [0.25, 0.3) is 0 Å². The number of aryl methyl sites for hydroxylation is 1. The van der Waals surface area contributed by atoms with Crippen LogP contribution in [-0.2, 0) is 16.6 Å². The van der Waals surface area contributed by atoms with Crippen LogP contribution in [0.5, 0.6) is 11.5 Å². The monoisotopic (exact) mass is 501 g/mol. The van der Waals surface area contributed by atoms with Gasteiger partial charge in [0.05, 0.1) is 30.1 Å². The number of hydrogen-bond acceptors (Lipinski definition) is 7. The van der Waals surface area contributed by atoms with Crippen LogP contribution >= 0.6 is 27.5 Å². The van der Waals surface area contributed by atoms with Gasteiger partial charge >= 0.3 is 0 Å². The van der Waals surface area contributed by atoms with Crippen molar-refractivity contribution < 1.29 is 22.3 Å². The summed E-state index contributed by atoms with van der Waals surface area (Å²) in [6, 6.07) is 7.51. The molecule has 0 amide bonds. The molecule has 0 aliphatic carbocycles. The molecule has 0 unspecified atom stereocenters. The molecular formula is C18H17BrFN3O4S2. The van der Waals surface area contributed by atoms with Crippen LogP contribution in [-0.4, -0.2) is 32.0 Å². The summed E-state index contributed by atoms with van der Waals surface area (Å²) in [6.45, 7) is 1.48. The van der Waals surface area contributed by atoms with Crippen molar-refractivity contribution in [3.63, 3.8) is 0 Å². The van der Waals surface area contributed by atoms with E-state index >= 15 is 0 Å². The van der Waals surface area contributed by atoms with Gasteiger partial charge in [-0.3, -0.25) is 0 Å². The minimum absolute atomic E-state index is 0.0338. The Morgan fingerprint density at radius 2 is 1.97 bits per heavy atom. The number of rotatable bonds is 7. The van der Waals surface area contributed by atoms with Gasteiger partial charge in [0.25, 0.3) is 10.0 Å². The van der Waals surface area contributed by atoms with Gasteiger partial charge in [0.15, 0.2) is 0 Å². The summed E-state index contributed by atoms with van der Waals surface area (Å²) in [5, 5.41) is 0.183. The second kappa shape index (κ2) is 8.64. The number of methoxy groups -OCH3 is 2. The zero-order valence-electron chi connectivity index (χ0n) is 15.7. The maximum Gasteiger partial charge on any atom is 0.266 e. The van der Waals surface area contributed by atoms with Crippen molar-refractivity contribution in [3.05, 3.63) is 58.1 Å². The third-order valence-electron chi connectivity index (χ3n) is 4.16. The normalized spacial score (nSPS) is 11.3. The molecule has 0 bridgehead atoms. The van der Waals surface area contributed by atoms with E-state index < -0.39 is 15.8 Å². The van der Waals surface area contributed by atoms with E-state index in [4.69, 9.17) is 9.47 Å². The number of ether oxygens (including phenoxy) is 2. The van der Waals surface area contributed by atoms with E-state index in [0.29, 0.717) is 17.1 Å². The van der Waals surface area contributed by atoms with Gasteiger partial charge in [-0.25, -0.2) is 22.1 Å². The molecular weight excluding hydrogens is 485 g/mol. The van der Waals surface area contributed by atoms with Gasteiger partial charge in [-0.1, -0.05) is 0 Å². The second-order valence-electron chi connectivity index (χ2n) is 5.95. The maximum absolute atomic E-state index is 13.8. The molecule has 0 N–H and O–H groups in total. The predicted molar refractivity (Wildman–Crippen MR) is 112 cm³/mol. The first kappa shape index (κ1) is 21.5. The molecule has 154 valence electrons. The Morgan fingerprint density at radius 1 is 1.21 bits per heavy atom. The van der Waals surface area contributed by atoms with Crippen LogP contribution in [0.3, 0.4) is 0 Å². The highest BCUT2D eigenvalue weighted by atomic mass is 79.9. The molecule has 11 heteroatoms. The Labute approximate surface area is 180 Å². The van der Waals surface area contributed by atoms with Gasteiger partial charge < -0.3 is 9.47 Å². The molecule has 0 saturated carbocycles. The Morgan fingerprint density at radius 3 is 2.59 bits per heavy atom. The zero-order chi connectivity index (χ0) is 21.2. The van der Waals surface area contributed by atoms with Gasteiger partial charge in [0, 0.05) is 23.2 Å². The Kier molecular flexibility index (Phi) is 6.39. The fourth-order valence-corrected chi connectivity index (χ4v) is 5.55. The van der Waals surface area contributed by atoms with Crippen LogP contribution < -0.4 is 13.8 Å². The Balaban J connectivity index is 2.11. The zero-order valence-corrected chi connectivity index (χ0v) is 18.9. The van der Waals surface area contributed by atoms with Crippen molar-refractivity contribution in [2.75, 3.05) is 18.5 Å². The van der Waals surface area contributed by atoms with Gasteiger partial charge in [-0.05, 0) is 52.7 Å². The number of sulfonamides is 1. The van der Waals surface area contributed by atoms with Crippen molar-refractivity contribution in [2.45, 2.75) is 18.4 Å². The van der Waals surface area contributed by atoms with E-state index in [1.165, 1.54) is 39.6 Å². The first-order chi connectivity index (χ1) is 13.8. The standard InChI is InChI=1S/C18H17BrFN3O4S2/c1-11-6-15(20)14(19)8-17(11)29(24,25)23(18-21-10-22-28-18)9-12-4-5-13(26-2)7-16(12)27-3/h4-8,10H,9H2,1-3H3. The van der Waals surface area contributed by atoms with Gasteiger partial charge in [-0.2, -0.15) is 4.37 Å². The van der Waals surface area contributed by atoms with E-state index in [1.807, 2.05) is 0 Å². The lowest BCUT2D eigenvalue weighted by Crippen LogP contribution is -2.31. The molecule has 0 aliphatic heterocycles. The summed E-state index contributed by atoms with van der Waals surface area (Å²) >= 11 is 4.00. The van der Waals surface area contributed by atoms with Crippen LogP contribution in [0, 0.1) is 12.7 Å². The molecule has 0 spiro atoms. The SMILES string of the molecule is COc1ccc(CN(c2ncns2)S(=O)(=O)c2cc(Br)c(F)cc2C)c(OC)c1. The van der Waals surface area contributed by atoms with Crippen molar-refractivity contribution in [1.29, 1.82) is 0 Å². The third-order valence-corrected chi connectivity index (χ3v) is 7.45. The lowest BCUT2D eigenvalue weighted by molar-refractivity contribution is 0.391. The van der Waals surface area contributed by atoms with Crippen LogP contribution in [0.2, 0.25) is 0 Å². The molecule has 29 heavy (non-hydrogen) atoms. The van der Waals surface area contributed by atoms with Crippen molar-refractivity contribution >= 4 is 42.6 Å². The van der Waals surface area contributed by atoms with Crippen molar-refractivity contribution in [1.82, 2.24) is 9.36 Å². The number of benzene rings is 2. The number of nitrogens with zero attached hydrogens (tertiary/aromatic N) is 3. The largest absolute Gasteiger partial charge is 0.497 e. The summed E-state index contributed by atoms with van der Waals surface area (Å²) in [5.74, 6) is 0.501. The predicted octanol–water partition coefficient (Wildman–Crippen LogP) is 4.16. The fraction of sp³-hybridized carbons (Fsp3) is 0.222. The second-order valence-corrected chi connectivity index (χ2v) is 9.39. The third kappa shape index (κ3) is 4.36. The topological polar surface area (TPSA) is 81.6 Å². The molecule has 3 rings (SSSR count). The lowest BCUT2D eigenvalue weighted by atomic mass is 10.2. The van der Waals surface area contributed by atoms with Crippen LogP contribution in [0.15, 0.2) is 46.0 Å². The number of aromatic nitrogens is 2. The van der Waals surface area contributed by atoms with E-state index in [1.54, 1.807) is 18.2 Å². The van der Waals surface area contributed by atoms with Crippen molar-refractivity contribution in [2.24, 2.45) is 0 Å². The molecule has 1 aromatic heterocycles. The summed E-state index contributed by atoms with van der Waals surface area (Å²) in [6.07, 6.45) is 1.28. The number of hydrogen-bond donors (Lipinski definition) is 0. The molecule has 0 radical (unpaired) electrons. The highest BCUT2D eigenvalue weighted by Crippen LogP contribution is 2.33. The average Bonchev–Trinajstić information content (AvgIpc) is 3.22. The Hall–Kier alpha value is -2.24. The van der Waals surface area contributed by atoms with Crippen LogP contribution in [0.1, 0.15) is 11.1 Å². The minimum atomic E-state index is -4.08. The summed E-state index contributed by atoms with van der Waals surface area (Å²) in [4.78, 5) is 4.03. The van der Waals surface area contributed by atoms with E-state index in [2.05, 4.69) is 25.3 Å². The highest BCUT2D eigenvalue weighted by Gasteiger charge is 2.30. The Bertz CT molecular complexity index is 1120. The average molecular weight is 502 g/mol. The quantitative estimate of drug-likeness (QED) is 0.483. The van der Waals surface area contributed by atoms with Gasteiger partial charge in [-0.15, -0.1) is 0 Å². The van der Waals surface area contributed by atoms with Crippen molar-refractivity contribution in [3.8, 4) is 11.5 Å². The van der Waals surface area contributed by atoms with E-state index in [-0.39, 0.29) is 26.6 Å². The highest BCUT2D eigenvalue weighted by molar-refractivity contribution is 9.10. The number of halogens is 2. The maximum atomic E-state index is 13.8. The van der Waals surface area contributed by atoms with Gasteiger partial charge in [0.2, 0.25) is 5.13 Å². The molecule has 0 fully saturated rings. The molecule has 0 aliphatic rings. The van der Waals surface area contributed by atoms with E-state index in [9.17, 15) is 12.8 Å². The molecule has 1 heterocycles. The number of anilines is 1. The first-order valence-corrected chi connectivity index (χ1v) is 11.2. The van der Waals surface area contributed by atoms with Crippen LogP contribution in [0.4, 0.5) is 9.52 Å². The minimum Gasteiger partial charge on any atom is -0.497 e.